The van der Waals surface area contributed by atoms with E-state index >= 15 is 0 Å². The highest BCUT2D eigenvalue weighted by atomic mass is 16.6. The maximum Gasteiger partial charge on any atom is 0.270 e. The molecule has 8 heteroatoms. The molecule has 0 saturated heterocycles. The number of rotatable bonds is 7. The second-order valence-corrected chi connectivity index (χ2v) is 6.09. The summed E-state index contributed by atoms with van der Waals surface area (Å²) in [4.78, 5) is 14.9. The number of hydrogen-bond donors (Lipinski definition) is 1. The van der Waals surface area contributed by atoms with E-state index in [1.807, 2.05) is 31.2 Å². The molecule has 0 amide bonds. The van der Waals surface area contributed by atoms with E-state index in [0.29, 0.717) is 40.3 Å². The van der Waals surface area contributed by atoms with Crippen LogP contribution < -0.4 is 14.8 Å². The Morgan fingerprint density at radius 3 is 2.68 bits per heavy atom. The lowest BCUT2D eigenvalue weighted by molar-refractivity contribution is -0.384. The summed E-state index contributed by atoms with van der Waals surface area (Å²) in [5.41, 5.74) is 0.741. The molecule has 1 aromatic heterocycles. The van der Waals surface area contributed by atoms with Crippen LogP contribution in [-0.2, 0) is 0 Å². The van der Waals surface area contributed by atoms with Crippen LogP contribution in [0.5, 0.6) is 11.5 Å². The number of hydrogen-bond acceptors (Lipinski definition) is 7. The summed E-state index contributed by atoms with van der Waals surface area (Å²) < 4.78 is 11.2. The predicted molar refractivity (Wildman–Crippen MR) is 105 cm³/mol. The molecule has 0 aliphatic heterocycles. The van der Waals surface area contributed by atoms with Gasteiger partial charge in [0.1, 0.15) is 11.9 Å². The van der Waals surface area contributed by atoms with Crippen LogP contribution in [0.1, 0.15) is 12.5 Å². The van der Waals surface area contributed by atoms with Gasteiger partial charge in [-0.15, -0.1) is 0 Å². The van der Waals surface area contributed by atoms with Crippen molar-refractivity contribution in [2.75, 3.05) is 19.0 Å². The van der Waals surface area contributed by atoms with Crippen molar-refractivity contribution >= 4 is 22.4 Å². The fourth-order valence-electron chi connectivity index (χ4n) is 2.73. The van der Waals surface area contributed by atoms with Crippen LogP contribution in [0.3, 0.4) is 0 Å². The van der Waals surface area contributed by atoms with E-state index in [0.717, 1.165) is 0 Å². The van der Waals surface area contributed by atoms with E-state index in [2.05, 4.69) is 16.4 Å². The molecular weight excluding hydrogens is 360 g/mol. The lowest BCUT2D eigenvalue weighted by Gasteiger charge is -2.18. The zero-order valence-corrected chi connectivity index (χ0v) is 15.4. The van der Waals surface area contributed by atoms with Gasteiger partial charge in [-0.3, -0.25) is 10.1 Å². The highest BCUT2D eigenvalue weighted by Gasteiger charge is 2.13. The molecule has 8 nitrogen and oxygen atoms in total. The average Bonchev–Trinajstić information content (AvgIpc) is 2.71. The Morgan fingerprint density at radius 1 is 1.25 bits per heavy atom. The summed E-state index contributed by atoms with van der Waals surface area (Å²) in [6.45, 7) is 2.34. The lowest BCUT2D eigenvalue weighted by atomic mass is 10.1. The molecule has 1 atom stereocenters. The van der Waals surface area contributed by atoms with Gasteiger partial charge in [0.15, 0.2) is 11.5 Å². The number of nitro benzene ring substituents is 1. The topological polar surface area (TPSA) is 110 Å². The molecule has 0 fully saturated rings. The minimum Gasteiger partial charge on any atom is -0.493 e. The van der Waals surface area contributed by atoms with Crippen molar-refractivity contribution in [1.82, 2.24) is 4.98 Å². The third-order valence-electron chi connectivity index (χ3n) is 4.09. The fourth-order valence-corrected chi connectivity index (χ4v) is 2.73. The molecule has 0 radical (unpaired) electrons. The van der Waals surface area contributed by atoms with Crippen molar-refractivity contribution in [3.05, 3.63) is 64.2 Å². The first-order valence-corrected chi connectivity index (χ1v) is 8.54. The van der Waals surface area contributed by atoms with Gasteiger partial charge >= 0.3 is 0 Å². The number of para-hydroxylation sites is 2. The van der Waals surface area contributed by atoms with Gasteiger partial charge in [0, 0.05) is 17.5 Å². The van der Waals surface area contributed by atoms with Crippen LogP contribution in [-0.4, -0.2) is 29.7 Å². The van der Waals surface area contributed by atoms with Crippen molar-refractivity contribution in [3.8, 4) is 17.6 Å². The zero-order valence-electron chi connectivity index (χ0n) is 15.4. The number of nitriles is 1. The molecule has 142 valence electrons. The summed E-state index contributed by atoms with van der Waals surface area (Å²) >= 11 is 0. The third kappa shape index (κ3) is 4.10. The number of methoxy groups -OCH3 is 1. The molecule has 0 aliphatic rings. The number of nitrogens with zero attached hydrogens (tertiary/aromatic N) is 3. The summed E-state index contributed by atoms with van der Waals surface area (Å²) in [5, 5.41) is 23.9. The normalized spacial score (nSPS) is 11.5. The molecule has 0 bridgehead atoms. The Bertz CT molecular complexity index is 1060. The first-order valence-electron chi connectivity index (χ1n) is 8.54. The van der Waals surface area contributed by atoms with E-state index in [4.69, 9.17) is 9.47 Å². The molecule has 2 aromatic carbocycles. The van der Waals surface area contributed by atoms with Gasteiger partial charge in [0.2, 0.25) is 0 Å². The van der Waals surface area contributed by atoms with Crippen LogP contribution >= 0.6 is 0 Å². The van der Waals surface area contributed by atoms with Crippen LogP contribution in [0.15, 0.2) is 48.5 Å². The minimum absolute atomic E-state index is 0.0784. The standard InChI is InChI=1S/C20H18N4O4/c1-13(28-19-6-4-3-5-18(19)27-2)12-22-20-9-14(11-21)16-10-15(24(25)26)7-8-17(16)23-20/h3-10,13H,12H2,1-2H3,(H,22,23). The van der Waals surface area contributed by atoms with E-state index < -0.39 is 4.92 Å². The van der Waals surface area contributed by atoms with E-state index in [1.54, 1.807) is 13.2 Å². The number of nitro groups is 1. The van der Waals surface area contributed by atoms with Gasteiger partial charge in [-0.05, 0) is 31.2 Å². The smallest absolute Gasteiger partial charge is 0.270 e. The molecule has 1 N–H and O–H groups in total. The van der Waals surface area contributed by atoms with Gasteiger partial charge in [-0.2, -0.15) is 5.26 Å². The predicted octanol–water partition coefficient (Wildman–Crippen LogP) is 3.90. The Hall–Kier alpha value is -3.86. The first kappa shape index (κ1) is 18.9. The number of ether oxygens (including phenoxy) is 2. The van der Waals surface area contributed by atoms with E-state index in [-0.39, 0.29) is 11.8 Å². The molecule has 0 aliphatic carbocycles. The number of anilines is 1. The minimum atomic E-state index is -0.496. The second kappa shape index (κ2) is 8.22. The van der Waals surface area contributed by atoms with Crippen molar-refractivity contribution in [1.29, 1.82) is 5.26 Å². The van der Waals surface area contributed by atoms with Gasteiger partial charge in [0.05, 0.1) is 35.7 Å². The number of fused-ring (bicyclic) bond motifs is 1. The maximum atomic E-state index is 11.0. The molecule has 28 heavy (non-hydrogen) atoms. The maximum absolute atomic E-state index is 11.0. The molecule has 3 aromatic rings. The molecule has 3 rings (SSSR count). The molecule has 1 heterocycles. The van der Waals surface area contributed by atoms with Crippen molar-refractivity contribution in [2.24, 2.45) is 0 Å². The number of nitrogens with one attached hydrogen (secondary N) is 1. The van der Waals surface area contributed by atoms with Crippen LogP contribution in [0.25, 0.3) is 10.9 Å². The number of benzene rings is 2. The molecule has 1 unspecified atom stereocenters. The summed E-state index contributed by atoms with van der Waals surface area (Å²) in [6, 6.07) is 15.3. The average molecular weight is 378 g/mol. The van der Waals surface area contributed by atoms with E-state index in [9.17, 15) is 15.4 Å². The number of aromatic nitrogens is 1. The van der Waals surface area contributed by atoms with Gasteiger partial charge in [-0.1, -0.05) is 12.1 Å². The van der Waals surface area contributed by atoms with Crippen LogP contribution in [0, 0.1) is 21.4 Å². The number of pyridine rings is 1. The largest absolute Gasteiger partial charge is 0.493 e. The second-order valence-electron chi connectivity index (χ2n) is 6.09. The highest BCUT2D eigenvalue weighted by Crippen LogP contribution is 2.27. The SMILES string of the molecule is COc1ccccc1OC(C)CNc1cc(C#N)c2cc([N+](=O)[O-])ccc2n1. The Morgan fingerprint density at radius 2 is 2.00 bits per heavy atom. The van der Waals surface area contributed by atoms with Gasteiger partial charge in [-0.25, -0.2) is 4.98 Å². The first-order chi connectivity index (χ1) is 13.5. The van der Waals surface area contributed by atoms with Crippen molar-refractivity contribution < 1.29 is 14.4 Å². The van der Waals surface area contributed by atoms with Crippen molar-refractivity contribution in [3.63, 3.8) is 0 Å². The molecule has 0 spiro atoms. The van der Waals surface area contributed by atoms with Crippen molar-refractivity contribution in [2.45, 2.75) is 13.0 Å². The monoisotopic (exact) mass is 378 g/mol. The van der Waals surface area contributed by atoms with Gasteiger partial charge in [0.25, 0.3) is 5.69 Å². The number of non-ortho nitro benzene ring substituents is 1. The Balaban J connectivity index is 1.76. The quantitative estimate of drug-likeness (QED) is 0.490. The summed E-state index contributed by atoms with van der Waals surface area (Å²) in [7, 11) is 1.58. The Labute approximate surface area is 161 Å². The summed E-state index contributed by atoms with van der Waals surface area (Å²) in [6.07, 6.45) is -0.198. The third-order valence-corrected chi connectivity index (χ3v) is 4.09. The lowest BCUT2D eigenvalue weighted by Crippen LogP contribution is -2.23. The fraction of sp³-hybridized carbons (Fsp3) is 0.200. The van der Waals surface area contributed by atoms with E-state index in [1.165, 1.54) is 18.2 Å². The van der Waals surface area contributed by atoms with Crippen LogP contribution in [0.2, 0.25) is 0 Å². The van der Waals surface area contributed by atoms with Crippen LogP contribution in [0.4, 0.5) is 11.5 Å². The molecular formula is C20H18N4O4. The highest BCUT2D eigenvalue weighted by molar-refractivity contribution is 5.88. The molecule has 0 saturated carbocycles. The zero-order chi connectivity index (χ0) is 20.1. The van der Waals surface area contributed by atoms with Gasteiger partial charge < -0.3 is 14.8 Å². The summed E-state index contributed by atoms with van der Waals surface area (Å²) in [5.74, 6) is 1.77. The Kier molecular flexibility index (Phi) is 5.56.